The molecule has 0 spiro atoms. The lowest BCUT2D eigenvalue weighted by atomic mass is 10.1. The average Bonchev–Trinajstić information content (AvgIpc) is 3.06. The zero-order chi connectivity index (χ0) is 14.4. The van der Waals surface area contributed by atoms with Gasteiger partial charge in [-0.25, -0.2) is 0 Å². The van der Waals surface area contributed by atoms with Gasteiger partial charge < -0.3 is 9.47 Å². The molecule has 21 heavy (non-hydrogen) atoms. The van der Waals surface area contributed by atoms with Crippen LogP contribution in [0.25, 0.3) is 21.1 Å². The molecule has 0 saturated carbocycles. The molecule has 104 valence electrons. The highest BCUT2D eigenvalue weighted by Gasteiger charge is 2.14. The zero-order valence-electron chi connectivity index (χ0n) is 11.8. The Labute approximate surface area is 127 Å². The van der Waals surface area contributed by atoms with E-state index in [0.29, 0.717) is 0 Å². The molecule has 1 aromatic carbocycles. The maximum Gasteiger partial charge on any atom is 0.125 e. The number of benzene rings is 1. The molecule has 0 radical (unpaired) electrons. The van der Waals surface area contributed by atoms with Crippen molar-refractivity contribution in [3.63, 3.8) is 0 Å². The number of nitrogens with zero attached hydrogens (tertiary/aromatic N) is 3. The highest BCUT2D eigenvalue weighted by Crippen LogP contribution is 2.31. The number of hydrogen-bond acceptors (Lipinski definition) is 3. The number of para-hydroxylation sites is 1. The molecule has 4 rings (SSSR count). The molecule has 3 aromatic rings. The molecule has 0 saturated heterocycles. The minimum Gasteiger partial charge on any atom is -0.336 e. The van der Waals surface area contributed by atoms with Crippen molar-refractivity contribution in [1.29, 1.82) is 0 Å². The molecule has 2 aromatic heterocycles. The highest BCUT2D eigenvalue weighted by molar-refractivity contribution is 7.13. The van der Waals surface area contributed by atoms with Crippen molar-refractivity contribution in [2.75, 3.05) is 0 Å². The van der Waals surface area contributed by atoms with Gasteiger partial charge in [0.15, 0.2) is 0 Å². The first-order valence-electron chi connectivity index (χ1n) is 6.87. The molecule has 0 fully saturated rings. The van der Waals surface area contributed by atoms with Gasteiger partial charge in [-0.05, 0) is 41.7 Å². The van der Waals surface area contributed by atoms with Gasteiger partial charge in [-0.3, -0.25) is 0 Å². The highest BCUT2D eigenvalue weighted by atomic mass is 32.1. The Bertz CT molecular complexity index is 911. The Morgan fingerprint density at radius 2 is 2.10 bits per heavy atom. The van der Waals surface area contributed by atoms with Gasteiger partial charge in [0.05, 0.1) is 18.4 Å². The third-order valence-electron chi connectivity index (χ3n) is 3.92. The summed E-state index contributed by atoms with van der Waals surface area (Å²) in [5.74, 6) is 0. The van der Waals surface area contributed by atoms with Crippen molar-refractivity contribution in [2.24, 2.45) is 0 Å². The summed E-state index contributed by atoms with van der Waals surface area (Å²) >= 11 is 1.55. The summed E-state index contributed by atoms with van der Waals surface area (Å²) in [6, 6.07) is 8.51. The average molecular weight is 293 g/mol. The Morgan fingerprint density at radius 1 is 1.24 bits per heavy atom. The summed E-state index contributed by atoms with van der Waals surface area (Å²) in [5, 5.41) is 2.51. The van der Waals surface area contributed by atoms with Gasteiger partial charge >= 0.3 is 0 Å². The number of fused-ring (bicyclic) bond motifs is 3. The molecule has 0 amide bonds. The fourth-order valence-electron chi connectivity index (χ4n) is 2.74. The van der Waals surface area contributed by atoms with Crippen LogP contribution in [-0.2, 0) is 6.67 Å². The molecular formula is C17H15N3S. The van der Waals surface area contributed by atoms with E-state index in [0.717, 1.165) is 12.2 Å². The number of allylic oxidation sites excluding steroid dienone is 3. The summed E-state index contributed by atoms with van der Waals surface area (Å²) in [6.07, 6.45) is 8.25. The summed E-state index contributed by atoms with van der Waals surface area (Å²) < 4.78 is 6.67. The smallest absolute Gasteiger partial charge is 0.125 e. The molecule has 4 heteroatoms. The molecule has 3 heterocycles. The van der Waals surface area contributed by atoms with Crippen LogP contribution in [-0.4, -0.2) is 13.8 Å². The van der Waals surface area contributed by atoms with E-state index < -0.39 is 0 Å². The SMILES string of the molecule is C=C1C=CN(Cn2c3ccccc3c3cnsc32)C=C1C. The second-order valence-corrected chi connectivity index (χ2v) is 6.08. The summed E-state index contributed by atoms with van der Waals surface area (Å²) in [6.45, 7) is 6.90. The predicted octanol–water partition coefficient (Wildman–Crippen LogP) is 4.50. The van der Waals surface area contributed by atoms with Gasteiger partial charge in [0.25, 0.3) is 0 Å². The van der Waals surface area contributed by atoms with Crippen LogP contribution in [0, 0.1) is 0 Å². The second-order valence-electron chi connectivity index (χ2n) is 5.30. The topological polar surface area (TPSA) is 21.1 Å². The Morgan fingerprint density at radius 3 is 2.95 bits per heavy atom. The molecule has 0 bridgehead atoms. The monoisotopic (exact) mass is 293 g/mol. The largest absolute Gasteiger partial charge is 0.336 e. The van der Waals surface area contributed by atoms with E-state index in [-0.39, 0.29) is 0 Å². The van der Waals surface area contributed by atoms with Crippen LogP contribution in [0.15, 0.2) is 66.7 Å². The van der Waals surface area contributed by atoms with Crippen LogP contribution in [0.2, 0.25) is 0 Å². The van der Waals surface area contributed by atoms with Crippen molar-refractivity contribution in [3.05, 3.63) is 66.7 Å². The van der Waals surface area contributed by atoms with E-state index in [9.17, 15) is 0 Å². The Balaban J connectivity index is 1.84. The van der Waals surface area contributed by atoms with Gasteiger partial charge in [-0.1, -0.05) is 24.8 Å². The van der Waals surface area contributed by atoms with Gasteiger partial charge in [-0.2, -0.15) is 4.37 Å². The van der Waals surface area contributed by atoms with Crippen LogP contribution in [0.1, 0.15) is 6.92 Å². The molecule has 0 unspecified atom stereocenters. The van der Waals surface area contributed by atoms with Gasteiger partial charge in [0.2, 0.25) is 0 Å². The van der Waals surface area contributed by atoms with Crippen LogP contribution in [0.3, 0.4) is 0 Å². The molecule has 1 aliphatic rings. The first-order chi connectivity index (χ1) is 10.2. The van der Waals surface area contributed by atoms with Crippen LogP contribution >= 0.6 is 11.5 Å². The maximum absolute atomic E-state index is 4.35. The van der Waals surface area contributed by atoms with Crippen molar-refractivity contribution in [2.45, 2.75) is 13.6 Å². The molecule has 0 N–H and O–H groups in total. The van der Waals surface area contributed by atoms with Crippen molar-refractivity contribution in [1.82, 2.24) is 13.8 Å². The predicted molar refractivity (Wildman–Crippen MR) is 89.0 cm³/mol. The van der Waals surface area contributed by atoms with E-state index >= 15 is 0 Å². The van der Waals surface area contributed by atoms with E-state index in [2.05, 4.69) is 70.1 Å². The lowest BCUT2D eigenvalue weighted by molar-refractivity contribution is 0.413. The normalized spacial score (nSPS) is 15.2. The molecule has 0 aliphatic carbocycles. The first-order valence-corrected chi connectivity index (χ1v) is 7.64. The minimum absolute atomic E-state index is 0.785. The summed E-state index contributed by atoms with van der Waals surface area (Å²) in [7, 11) is 0. The van der Waals surface area contributed by atoms with E-state index in [1.165, 1.54) is 26.7 Å². The van der Waals surface area contributed by atoms with Crippen LogP contribution in [0.4, 0.5) is 0 Å². The van der Waals surface area contributed by atoms with E-state index in [1.54, 1.807) is 11.5 Å². The minimum atomic E-state index is 0.785. The third-order valence-corrected chi connectivity index (χ3v) is 4.74. The zero-order valence-corrected chi connectivity index (χ0v) is 12.6. The lowest BCUT2D eigenvalue weighted by Gasteiger charge is -2.22. The maximum atomic E-state index is 4.35. The van der Waals surface area contributed by atoms with Gasteiger partial charge in [0.1, 0.15) is 4.83 Å². The molecular weight excluding hydrogens is 278 g/mol. The lowest BCUT2D eigenvalue weighted by Crippen LogP contribution is -2.17. The fourth-order valence-corrected chi connectivity index (χ4v) is 3.52. The number of hydrogen-bond donors (Lipinski definition) is 0. The Kier molecular flexibility index (Phi) is 2.72. The first kappa shape index (κ1) is 12.4. The summed E-state index contributed by atoms with van der Waals surface area (Å²) in [5.41, 5.74) is 3.53. The second kappa shape index (κ2) is 4.60. The standard InChI is InChI=1S/C17H15N3S/c1-12-7-8-19(10-13(12)2)11-20-16-6-4-3-5-14(16)15-9-18-21-17(15)20/h3-10H,1,11H2,2H3. The quantitative estimate of drug-likeness (QED) is 0.693. The van der Waals surface area contributed by atoms with E-state index in [1.807, 2.05) is 6.20 Å². The van der Waals surface area contributed by atoms with E-state index in [4.69, 9.17) is 0 Å². The molecule has 0 atom stereocenters. The summed E-state index contributed by atoms with van der Waals surface area (Å²) in [4.78, 5) is 3.41. The van der Waals surface area contributed by atoms with Crippen molar-refractivity contribution >= 4 is 32.7 Å². The third kappa shape index (κ3) is 1.91. The van der Waals surface area contributed by atoms with Crippen molar-refractivity contribution in [3.8, 4) is 0 Å². The van der Waals surface area contributed by atoms with Gasteiger partial charge in [-0.15, -0.1) is 0 Å². The van der Waals surface area contributed by atoms with Crippen LogP contribution in [0.5, 0.6) is 0 Å². The van der Waals surface area contributed by atoms with Gasteiger partial charge in [0, 0.05) is 23.2 Å². The van der Waals surface area contributed by atoms with Crippen LogP contribution < -0.4 is 0 Å². The Hall–Kier alpha value is -2.33. The molecule has 3 nitrogen and oxygen atoms in total. The fraction of sp³-hybridized carbons (Fsp3) is 0.118. The number of aromatic nitrogens is 2. The van der Waals surface area contributed by atoms with Crippen molar-refractivity contribution < 1.29 is 0 Å². The molecule has 1 aliphatic heterocycles. The number of rotatable bonds is 2.